The summed E-state index contributed by atoms with van der Waals surface area (Å²) in [6.45, 7) is 1.75. The molecule has 0 bridgehead atoms. The maximum atomic E-state index is 13.4. The van der Waals surface area contributed by atoms with Crippen LogP contribution in [0.3, 0.4) is 0 Å². The molecule has 0 radical (unpaired) electrons. The van der Waals surface area contributed by atoms with Crippen LogP contribution in [-0.2, 0) is 0 Å². The summed E-state index contributed by atoms with van der Waals surface area (Å²) in [4.78, 5) is 16.5. The van der Waals surface area contributed by atoms with Gasteiger partial charge >= 0.3 is 0 Å². The number of hydrogen-bond acceptors (Lipinski definition) is 3. The highest BCUT2D eigenvalue weighted by molar-refractivity contribution is 5.95. The third-order valence-corrected chi connectivity index (χ3v) is 3.19. The number of carbonyl (C=O) groups excluding carboxylic acids is 1. The second-order valence-corrected chi connectivity index (χ2v) is 4.70. The van der Waals surface area contributed by atoms with Crippen molar-refractivity contribution in [1.82, 2.24) is 14.8 Å². The molecule has 0 saturated heterocycles. The van der Waals surface area contributed by atoms with Crippen molar-refractivity contribution < 1.29 is 9.18 Å². The lowest BCUT2D eigenvalue weighted by molar-refractivity contribution is 0.0948. The number of benzene rings is 1. The van der Waals surface area contributed by atoms with E-state index in [1.807, 2.05) is 18.2 Å². The van der Waals surface area contributed by atoms with E-state index in [0.29, 0.717) is 22.6 Å². The summed E-state index contributed by atoms with van der Waals surface area (Å²) >= 11 is 0. The Hall–Kier alpha value is -3.02. The summed E-state index contributed by atoms with van der Waals surface area (Å²) in [6.07, 6.45) is 3.02. The number of amides is 1. The van der Waals surface area contributed by atoms with E-state index in [9.17, 15) is 9.18 Å². The van der Waals surface area contributed by atoms with Gasteiger partial charge in [0.25, 0.3) is 5.91 Å². The number of halogens is 1. The van der Waals surface area contributed by atoms with E-state index in [1.165, 1.54) is 12.3 Å². The molecule has 0 aliphatic rings. The van der Waals surface area contributed by atoms with Gasteiger partial charge in [0, 0.05) is 11.8 Å². The van der Waals surface area contributed by atoms with Gasteiger partial charge in [-0.25, -0.2) is 14.8 Å². The van der Waals surface area contributed by atoms with Crippen molar-refractivity contribution in [2.75, 3.05) is 0 Å². The van der Waals surface area contributed by atoms with E-state index >= 15 is 0 Å². The summed E-state index contributed by atoms with van der Waals surface area (Å²) in [7, 11) is 0. The minimum atomic E-state index is -0.399. The Morgan fingerprint density at radius 3 is 2.86 bits per heavy atom. The third-order valence-electron chi connectivity index (χ3n) is 3.19. The Morgan fingerprint density at radius 1 is 1.27 bits per heavy atom. The number of pyridine rings is 1. The second kappa shape index (κ2) is 5.77. The van der Waals surface area contributed by atoms with Gasteiger partial charge in [0.05, 0.1) is 11.9 Å². The zero-order chi connectivity index (χ0) is 15.5. The number of aromatic nitrogens is 2. The molecule has 5 nitrogen and oxygen atoms in total. The maximum absolute atomic E-state index is 13.4. The number of carbonyl (C=O) groups is 1. The van der Waals surface area contributed by atoms with Crippen LogP contribution in [-0.4, -0.2) is 21.5 Å². The Morgan fingerprint density at radius 2 is 2.05 bits per heavy atom. The number of hydrogen-bond donors (Lipinski definition) is 1. The molecular weight excluding hydrogens is 283 g/mol. The molecule has 0 fully saturated rings. The van der Waals surface area contributed by atoms with Crippen molar-refractivity contribution in [2.45, 2.75) is 6.92 Å². The minimum absolute atomic E-state index is 0.303. The third kappa shape index (κ3) is 2.58. The molecule has 3 aromatic rings. The topological polar surface area (TPSA) is 58.8 Å². The fourth-order valence-corrected chi connectivity index (χ4v) is 2.18. The Bertz CT molecular complexity index is 869. The van der Waals surface area contributed by atoms with E-state index in [0.717, 1.165) is 0 Å². The van der Waals surface area contributed by atoms with Crippen LogP contribution in [0.5, 0.6) is 0 Å². The molecule has 0 aliphatic carbocycles. The summed E-state index contributed by atoms with van der Waals surface area (Å²) in [5, 5.41) is 3.80. The molecule has 1 aromatic carbocycles. The number of imidazole rings is 1. The predicted octanol–water partition coefficient (Wildman–Crippen LogP) is 2.55. The van der Waals surface area contributed by atoms with Crippen LogP contribution in [0.15, 0.2) is 53.8 Å². The average molecular weight is 296 g/mol. The number of rotatable bonds is 3. The van der Waals surface area contributed by atoms with Crippen molar-refractivity contribution in [3.8, 4) is 0 Å². The van der Waals surface area contributed by atoms with Crippen LogP contribution in [0.2, 0.25) is 0 Å². The molecule has 3 rings (SSSR count). The molecule has 1 N–H and O–H groups in total. The Kier molecular flexibility index (Phi) is 3.65. The van der Waals surface area contributed by atoms with Gasteiger partial charge in [-0.15, -0.1) is 0 Å². The molecule has 22 heavy (non-hydrogen) atoms. The van der Waals surface area contributed by atoms with E-state index in [1.54, 1.807) is 35.7 Å². The summed E-state index contributed by atoms with van der Waals surface area (Å²) in [5.74, 6) is -0.796. The van der Waals surface area contributed by atoms with Gasteiger partial charge in [0.1, 0.15) is 17.2 Å². The number of aryl methyl sites for hydroxylation is 1. The van der Waals surface area contributed by atoms with Crippen LogP contribution in [0.4, 0.5) is 4.39 Å². The van der Waals surface area contributed by atoms with E-state index in [2.05, 4.69) is 15.5 Å². The van der Waals surface area contributed by atoms with Gasteiger partial charge in [-0.3, -0.25) is 9.20 Å². The van der Waals surface area contributed by atoms with Gasteiger partial charge < -0.3 is 0 Å². The molecule has 0 saturated carbocycles. The zero-order valence-corrected chi connectivity index (χ0v) is 11.8. The summed E-state index contributed by atoms with van der Waals surface area (Å²) in [5.41, 5.74) is 4.39. The van der Waals surface area contributed by atoms with Crippen molar-refractivity contribution in [2.24, 2.45) is 5.10 Å². The number of fused-ring (bicyclic) bond motifs is 1. The lowest BCUT2D eigenvalue weighted by atomic mass is 10.2. The van der Waals surface area contributed by atoms with Crippen molar-refractivity contribution in [3.63, 3.8) is 0 Å². The molecular formula is C16H13FN4O. The van der Waals surface area contributed by atoms with E-state index in [4.69, 9.17) is 0 Å². The van der Waals surface area contributed by atoms with Gasteiger partial charge in [-0.1, -0.05) is 24.3 Å². The van der Waals surface area contributed by atoms with Gasteiger partial charge in [-0.2, -0.15) is 5.10 Å². The van der Waals surface area contributed by atoms with Crippen molar-refractivity contribution in [3.05, 3.63) is 71.4 Å². The standard InChI is InChI=1S/C16H13FN4O/c1-11-15(21-9-5-4-8-14(21)19-11)16(22)20-18-10-12-6-2-3-7-13(12)17/h2-10H,1H3,(H,20,22)/b18-10-. The summed E-state index contributed by atoms with van der Waals surface area (Å²) < 4.78 is 15.1. The second-order valence-electron chi connectivity index (χ2n) is 4.70. The highest BCUT2D eigenvalue weighted by Crippen LogP contribution is 2.11. The number of nitrogens with one attached hydrogen (secondary N) is 1. The van der Waals surface area contributed by atoms with Crippen LogP contribution >= 0.6 is 0 Å². The molecule has 1 amide bonds. The highest BCUT2D eigenvalue weighted by Gasteiger charge is 2.15. The molecule has 6 heteroatoms. The first-order valence-corrected chi connectivity index (χ1v) is 6.68. The predicted molar refractivity (Wildman–Crippen MR) is 81.4 cm³/mol. The number of nitrogens with zero attached hydrogens (tertiary/aromatic N) is 3. The maximum Gasteiger partial charge on any atom is 0.290 e. The zero-order valence-electron chi connectivity index (χ0n) is 11.8. The normalized spacial score (nSPS) is 11.2. The largest absolute Gasteiger partial charge is 0.295 e. The van der Waals surface area contributed by atoms with Gasteiger partial charge in [0.2, 0.25) is 0 Å². The van der Waals surface area contributed by atoms with Gasteiger partial charge in [-0.05, 0) is 25.1 Å². The minimum Gasteiger partial charge on any atom is -0.295 e. The fraction of sp³-hybridized carbons (Fsp3) is 0.0625. The molecule has 2 aromatic heterocycles. The number of hydrazone groups is 1. The monoisotopic (exact) mass is 296 g/mol. The molecule has 0 atom stereocenters. The molecule has 0 spiro atoms. The van der Waals surface area contributed by atoms with Crippen LogP contribution in [0, 0.1) is 12.7 Å². The Balaban J connectivity index is 1.82. The van der Waals surface area contributed by atoms with E-state index < -0.39 is 11.7 Å². The highest BCUT2D eigenvalue weighted by atomic mass is 19.1. The average Bonchev–Trinajstić information content (AvgIpc) is 2.85. The van der Waals surface area contributed by atoms with Crippen LogP contribution < -0.4 is 5.43 Å². The smallest absolute Gasteiger partial charge is 0.290 e. The first-order valence-electron chi connectivity index (χ1n) is 6.68. The van der Waals surface area contributed by atoms with Crippen LogP contribution in [0.1, 0.15) is 21.7 Å². The van der Waals surface area contributed by atoms with Crippen molar-refractivity contribution in [1.29, 1.82) is 0 Å². The molecule has 2 heterocycles. The lowest BCUT2D eigenvalue weighted by Crippen LogP contribution is -2.20. The van der Waals surface area contributed by atoms with Crippen molar-refractivity contribution >= 4 is 17.8 Å². The SMILES string of the molecule is Cc1nc2ccccn2c1C(=O)N/N=C\c1ccccc1F. The molecule has 0 aliphatic heterocycles. The quantitative estimate of drug-likeness (QED) is 0.596. The first-order chi connectivity index (χ1) is 10.7. The van der Waals surface area contributed by atoms with Crippen LogP contribution in [0.25, 0.3) is 5.65 Å². The van der Waals surface area contributed by atoms with Gasteiger partial charge in [0.15, 0.2) is 0 Å². The fourth-order valence-electron chi connectivity index (χ4n) is 2.18. The van der Waals surface area contributed by atoms with E-state index in [-0.39, 0.29) is 0 Å². The Labute approximate surface area is 126 Å². The first kappa shape index (κ1) is 13.9. The summed E-state index contributed by atoms with van der Waals surface area (Å²) in [6, 6.07) is 11.7. The molecule has 0 unspecified atom stereocenters. The molecule has 110 valence electrons. The lowest BCUT2D eigenvalue weighted by Gasteiger charge is -2.01.